The van der Waals surface area contributed by atoms with E-state index in [1.54, 1.807) is 30.1 Å². The Morgan fingerprint density at radius 1 is 1.41 bits per heavy atom. The third kappa shape index (κ3) is 3.31. The van der Waals surface area contributed by atoms with Crippen LogP contribution in [0.5, 0.6) is 0 Å². The average Bonchev–Trinajstić information content (AvgIpc) is 3.12. The van der Waals surface area contributed by atoms with Gasteiger partial charge in [0.25, 0.3) is 0 Å². The highest BCUT2D eigenvalue weighted by atomic mass is 19.1. The summed E-state index contributed by atoms with van der Waals surface area (Å²) in [6, 6.07) is 6.63. The predicted octanol–water partition coefficient (Wildman–Crippen LogP) is 1.47. The van der Waals surface area contributed by atoms with Gasteiger partial charge in [0, 0.05) is 32.2 Å². The first kappa shape index (κ1) is 15.4. The van der Waals surface area contributed by atoms with E-state index in [1.165, 1.54) is 18.9 Å². The number of amides is 1. The van der Waals surface area contributed by atoms with Gasteiger partial charge in [-0.05, 0) is 37.4 Å². The molecule has 2 fully saturated rings. The first-order valence-corrected chi connectivity index (χ1v) is 7.98. The number of rotatable bonds is 4. The summed E-state index contributed by atoms with van der Waals surface area (Å²) in [5, 5.41) is 3.43. The van der Waals surface area contributed by atoms with Gasteiger partial charge in [-0.2, -0.15) is 0 Å². The maximum Gasteiger partial charge on any atom is 0.236 e. The van der Waals surface area contributed by atoms with Crippen molar-refractivity contribution in [1.29, 1.82) is 0 Å². The quantitative estimate of drug-likeness (QED) is 0.915. The number of carbonyl (C=O) groups excluding carboxylic acids is 1. The monoisotopic (exact) mass is 305 g/mol. The summed E-state index contributed by atoms with van der Waals surface area (Å²) in [7, 11) is 1.75. The second kappa shape index (κ2) is 6.34. The lowest BCUT2D eigenvalue weighted by Crippen LogP contribution is -2.38. The Kier molecular flexibility index (Phi) is 4.45. The van der Waals surface area contributed by atoms with E-state index in [9.17, 15) is 9.18 Å². The minimum atomic E-state index is -0.251. The van der Waals surface area contributed by atoms with Crippen LogP contribution in [-0.2, 0) is 11.3 Å². The molecule has 2 heterocycles. The molecule has 1 spiro atoms. The summed E-state index contributed by atoms with van der Waals surface area (Å²) >= 11 is 0. The van der Waals surface area contributed by atoms with Gasteiger partial charge in [-0.15, -0.1) is 0 Å². The molecule has 2 saturated heterocycles. The number of carbonyl (C=O) groups is 1. The van der Waals surface area contributed by atoms with Gasteiger partial charge in [-0.3, -0.25) is 9.69 Å². The Morgan fingerprint density at radius 2 is 2.23 bits per heavy atom. The van der Waals surface area contributed by atoms with E-state index < -0.39 is 0 Å². The van der Waals surface area contributed by atoms with Crippen LogP contribution in [0.15, 0.2) is 24.3 Å². The van der Waals surface area contributed by atoms with Gasteiger partial charge >= 0.3 is 0 Å². The maximum absolute atomic E-state index is 13.7. The SMILES string of the molecule is CN(Cc1ccccc1F)C(=O)CN1CCC2(CCNC2)C1. The summed E-state index contributed by atoms with van der Waals surface area (Å²) < 4.78 is 13.7. The van der Waals surface area contributed by atoms with Crippen molar-refractivity contribution in [2.24, 2.45) is 5.41 Å². The fourth-order valence-corrected chi connectivity index (χ4v) is 3.59. The lowest BCUT2D eigenvalue weighted by molar-refractivity contribution is -0.131. The number of hydrogen-bond donors (Lipinski definition) is 1. The number of likely N-dealkylation sites (tertiary alicyclic amines) is 1. The highest BCUT2D eigenvalue weighted by Gasteiger charge is 2.40. The van der Waals surface area contributed by atoms with Crippen LogP contribution >= 0.6 is 0 Å². The molecule has 0 radical (unpaired) electrons. The number of hydrogen-bond acceptors (Lipinski definition) is 3. The highest BCUT2D eigenvalue weighted by molar-refractivity contribution is 5.78. The molecule has 1 aromatic rings. The van der Waals surface area contributed by atoms with Crippen LogP contribution in [0.25, 0.3) is 0 Å². The number of halogens is 1. The zero-order chi connectivity index (χ0) is 15.6. The largest absolute Gasteiger partial charge is 0.340 e. The van der Waals surface area contributed by atoms with E-state index >= 15 is 0 Å². The topological polar surface area (TPSA) is 35.6 Å². The van der Waals surface area contributed by atoms with E-state index in [0.29, 0.717) is 24.1 Å². The summed E-state index contributed by atoms with van der Waals surface area (Å²) in [6.07, 6.45) is 2.38. The lowest BCUT2D eigenvalue weighted by Gasteiger charge is -2.24. The zero-order valence-electron chi connectivity index (χ0n) is 13.1. The van der Waals surface area contributed by atoms with Crippen molar-refractivity contribution in [3.05, 3.63) is 35.6 Å². The van der Waals surface area contributed by atoms with Gasteiger partial charge in [0.05, 0.1) is 6.54 Å². The second-order valence-corrected chi connectivity index (χ2v) is 6.73. The molecule has 1 N–H and O–H groups in total. The normalized spacial score (nSPS) is 25.0. The molecule has 0 aromatic heterocycles. The Bertz CT molecular complexity index is 542. The van der Waals surface area contributed by atoms with E-state index in [4.69, 9.17) is 0 Å². The third-order valence-corrected chi connectivity index (χ3v) is 5.00. The van der Waals surface area contributed by atoms with E-state index in [2.05, 4.69) is 10.2 Å². The Balaban J connectivity index is 1.52. The first-order valence-electron chi connectivity index (χ1n) is 7.98. The van der Waals surface area contributed by atoms with Crippen LogP contribution in [0.2, 0.25) is 0 Å². The molecule has 22 heavy (non-hydrogen) atoms. The molecular formula is C17H24FN3O. The fourth-order valence-electron chi connectivity index (χ4n) is 3.59. The standard InChI is InChI=1S/C17H24FN3O/c1-20(10-14-4-2-3-5-15(14)18)16(22)11-21-9-7-17(13-21)6-8-19-12-17/h2-5,19H,6-13H2,1H3. The molecule has 1 atom stereocenters. The van der Waals surface area contributed by atoms with Crippen molar-refractivity contribution in [3.8, 4) is 0 Å². The van der Waals surface area contributed by atoms with Gasteiger partial charge in [-0.1, -0.05) is 18.2 Å². The van der Waals surface area contributed by atoms with Crippen molar-refractivity contribution in [3.63, 3.8) is 0 Å². The molecule has 5 heteroatoms. The van der Waals surface area contributed by atoms with E-state index in [1.807, 2.05) is 0 Å². The minimum Gasteiger partial charge on any atom is -0.340 e. The Hall–Kier alpha value is -1.46. The van der Waals surface area contributed by atoms with Crippen LogP contribution in [0.1, 0.15) is 18.4 Å². The Labute approximate surface area is 131 Å². The van der Waals surface area contributed by atoms with E-state index in [0.717, 1.165) is 26.2 Å². The predicted molar refractivity (Wildman–Crippen MR) is 83.9 cm³/mol. The first-order chi connectivity index (χ1) is 10.6. The number of benzene rings is 1. The number of nitrogens with zero attached hydrogens (tertiary/aromatic N) is 2. The number of nitrogens with one attached hydrogen (secondary N) is 1. The van der Waals surface area contributed by atoms with E-state index in [-0.39, 0.29) is 11.7 Å². The van der Waals surface area contributed by atoms with Crippen molar-refractivity contribution < 1.29 is 9.18 Å². The highest BCUT2D eigenvalue weighted by Crippen LogP contribution is 2.35. The minimum absolute atomic E-state index is 0.0614. The molecule has 0 bridgehead atoms. The molecule has 0 aliphatic carbocycles. The molecule has 120 valence electrons. The smallest absolute Gasteiger partial charge is 0.236 e. The summed E-state index contributed by atoms with van der Waals surface area (Å²) in [4.78, 5) is 16.2. The summed E-state index contributed by atoms with van der Waals surface area (Å²) in [5.74, 6) is -0.189. The molecule has 1 amide bonds. The second-order valence-electron chi connectivity index (χ2n) is 6.73. The molecule has 2 aliphatic rings. The molecular weight excluding hydrogens is 281 g/mol. The van der Waals surface area contributed by atoms with Crippen molar-refractivity contribution in [2.45, 2.75) is 19.4 Å². The van der Waals surface area contributed by atoms with Gasteiger partial charge in [0.15, 0.2) is 0 Å². The van der Waals surface area contributed by atoms with Crippen LogP contribution in [-0.4, -0.2) is 55.5 Å². The maximum atomic E-state index is 13.7. The van der Waals surface area contributed by atoms with Crippen LogP contribution < -0.4 is 5.32 Å². The van der Waals surface area contributed by atoms with Crippen LogP contribution in [0.3, 0.4) is 0 Å². The van der Waals surface area contributed by atoms with Crippen molar-refractivity contribution in [1.82, 2.24) is 15.1 Å². The van der Waals surface area contributed by atoms with Gasteiger partial charge in [0.1, 0.15) is 5.82 Å². The van der Waals surface area contributed by atoms with Crippen LogP contribution in [0.4, 0.5) is 4.39 Å². The lowest BCUT2D eigenvalue weighted by atomic mass is 9.87. The van der Waals surface area contributed by atoms with Gasteiger partial charge < -0.3 is 10.2 Å². The van der Waals surface area contributed by atoms with Gasteiger partial charge in [-0.25, -0.2) is 4.39 Å². The fraction of sp³-hybridized carbons (Fsp3) is 0.588. The Morgan fingerprint density at radius 3 is 2.95 bits per heavy atom. The van der Waals surface area contributed by atoms with Crippen molar-refractivity contribution in [2.75, 3.05) is 39.8 Å². The summed E-state index contributed by atoms with van der Waals surface area (Å²) in [6.45, 7) is 4.91. The molecule has 4 nitrogen and oxygen atoms in total. The third-order valence-electron chi connectivity index (χ3n) is 5.00. The zero-order valence-corrected chi connectivity index (χ0v) is 13.1. The van der Waals surface area contributed by atoms with Crippen LogP contribution in [0, 0.1) is 11.2 Å². The summed E-state index contributed by atoms with van der Waals surface area (Å²) in [5.41, 5.74) is 0.945. The molecule has 0 saturated carbocycles. The molecule has 1 aromatic carbocycles. The average molecular weight is 305 g/mol. The van der Waals surface area contributed by atoms with Crippen molar-refractivity contribution >= 4 is 5.91 Å². The molecule has 3 rings (SSSR count). The molecule has 2 aliphatic heterocycles. The number of likely N-dealkylation sites (N-methyl/N-ethyl adjacent to an activating group) is 1. The van der Waals surface area contributed by atoms with Gasteiger partial charge in [0.2, 0.25) is 5.91 Å². The molecule has 1 unspecified atom stereocenters.